The van der Waals surface area contributed by atoms with E-state index >= 15 is 0 Å². The van der Waals surface area contributed by atoms with E-state index in [1.807, 2.05) is 5.32 Å². The Bertz CT molecular complexity index is 417. The zero-order chi connectivity index (χ0) is 12.8. The van der Waals surface area contributed by atoms with Gasteiger partial charge >= 0.3 is 0 Å². The first kappa shape index (κ1) is 13.0. The van der Waals surface area contributed by atoms with Gasteiger partial charge in [0.2, 0.25) is 11.8 Å². The molecule has 7 heteroatoms. The monoisotopic (exact) mass is 243 g/mol. The molecule has 1 rings (SSSR count). The Hall–Kier alpha value is -2.02. The third-order valence-electron chi connectivity index (χ3n) is 1.86. The van der Waals surface area contributed by atoms with Crippen LogP contribution >= 0.6 is 0 Å². The summed E-state index contributed by atoms with van der Waals surface area (Å²) in [5.41, 5.74) is 4.45. The second-order valence-corrected chi connectivity index (χ2v) is 3.13. The summed E-state index contributed by atoms with van der Waals surface area (Å²) in [6, 6.07) is 3.20. The topological polar surface area (TPSA) is 84.2 Å². The van der Waals surface area contributed by atoms with Crippen LogP contribution in [0.4, 0.5) is 14.5 Å². The van der Waals surface area contributed by atoms with Gasteiger partial charge in [-0.1, -0.05) is 6.07 Å². The van der Waals surface area contributed by atoms with Crippen molar-refractivity contribution in [2.75, 3.05) is 18.4 Å². The molecule has 0 heterocycles. The minimum Gasteiger partial charge on any atom is -0.346 e. The van der Waals surface area contributed by atoms with Crippen LogP contribution in [-0.4, -0.2) is 24.9 Å². The van der Waals surface area contributed by atoms with Crippen LogP contribution in [0.5, 0.6) is 0 Å². The number of hydrogen-bond acceptors (Lipinski definition) is 3. The molecule has 17 heavy (non-hydrogen) atoms. The summed E-state index contributed by atoms with van der Waals surface area (Å²) >= 11 is 0. The predicted molar refractivity (Wildman–Crippen MR) is 57.1 cm³/mol. The molecular formula is C10H11F2N3O2. The number of anilines is 1. The fraction of sp³-hybridized carbons (Fsp3) is 0.200. The number of benzene rings is 1. The molecule has 0 fully saturated rings. The highest BCUT2D eigenvalue weighted by Gasteiger charge is 2.11. The van der Waals surface area contributed by atoms with Crippen molar-refractivity contribution in [3.8, 4) is 0 Å². The van der Waals surface area contributed by atoms with E-state index in [-0.39, 0.29) is 6.54 Å². The molecule has 0 bridgehead atoms. The zero-order valence-corrected chi connectivity index (χ0v) is 8.80. The second kappa shape index (κ2) is 5.90. The largest absolute Gasteiger partial charge is 0.346 e. The van der Waals surface area contributed by atoms with Gasteiger partial charge in [0, 0.05) is 0 Å². The van der Waals surface area contributed by atoms with Crippen LogP contribution in [0.25, 0.3) is 0 Å². The maximum atomic E-state index is 13.1. The lowest BCUT2D eigenvalue weighted by Crippen LogP contribution is -2.36. The lowest BCUT2D eigenvalue weighted by Gasteiger charge is -2.07. The first-order valence-corrected chi connectivity index (χ1v) is 4.75. The maximum Gasteiger partial charge on any atom is 0.243 e. The molecule has 1 aromatic rings. The molecule has 0 radical (unpaired) electrons. The van der Waals surface area contributed by atoms with Gasteiger partial charge in [-0.2, -0.15) is 0 Å². The van der Waals surface area contributed by atoms with E-state index in [1.165, 1.54) is 6.07 Å². The summed E-state index contributed by atoms with van der Waals surface area (Å²) in [5, 5.41) is 4.18. The summed E-state index contributed by atoms with van der Waals surface area (Å²) in [5.74, 6) is -3.04. The number of rotatable bonds is 4. The number of nitrogens with one attached hydrogen (secondary N) is 2. The Balaban J connectivity index is 2.59. The summed E-state index contributed by atoms with van der Waals surface area (Å²) in [6.07, 6.45) is 0. The molecule has 0 spiro atoms. The highest BCUT2D eigenvalue weighted by Crippen LogP contribution is 2.17. The van der Waals surface area contributed by atoms with Crippen molar-refractivity contribution in [2.24, 2.45) is 5.73 Å². The quantitative estimate of drug-likeness (QED) is 0.694. The fourth-order valence-corrected chi connectivity index (χ4v) is 1.05. The van der Waals surface area contributed by atoms with E-state index in [2.05, 4.69) is 5.32 Å². The molecular weight excluding hydrogens is 232 g/mol. The molecule has 1 aromatic carbocycles. The number of carbonyl (C=O) groups excluding carboxylic acids is 2. The Morgan fingerprint density at radius 3 is 2.29 bits per heavy atom. The Morgan fingerprint density at radius 2 is 1.76 bits per heavy atom. The minimum absolute atomic E-state index is 0.263. The SMILES string of the molecule is NCC(=O)NCC(=O)Nc1c(F)cccc1F. The Kier molecular flexibility index (Phi) is 4.53. The molecule has 0 aromatic heterocycles. The Morgan fingerprint density at radius 1 is 1.18 bits per heavy atom. The van der Waals surface area contributed by atoms with Gasteiger partial charge in [-0.3, -0.25) is 9.59 Å². The number of hydrogen-bond donors (Lipinski definition) is 3. The van der Waals surface area contributed by atoms with E-state index in [4.69, 9.17) is 5.73 Å². The molecule has 0 atom stereocenters. The van der Waals surface area contributed by atoms with E-state index in [9.17, 15) is 18.4 Å². The first-order chi connectivity index (χ1) is 8.04. The molecule has 0 saturated carbocycles. The summed E-state index contributed by atoms with van der Waals surface area (Å²) in [7, 11) is 0. The van der Waals surface area contributed by atoms with Crippen LogP contribution in [0.1, 0.15) is 0 Å². The van der Waals surface area contributed by atoms with Crippen LogP contribution in [0.15, 0.2) is 18.2 Å². The minimum atomic E-state index is -0.886. The van der Waals surface area contributed by atoms with Crippen molar-refractivity contribution in [3.05, 3.63) is 29.8 Å². The molecule has 0 unspecified atom stereocenters. The third-order valence-corrected chi connectivity index (χ3v) is 1.86. The zero-order valence-electron chi connectivity index (χ0n) is 8.80. The Labute approximate surface area is 96.0 Å². The van der Waals surface area contributed by atoms with Crippen molar-refractivity contribution in [2.45, 2.75) is 0 Å². The molecule has 0 aliphatic carbocycles. The van der Waals surface area contributed by atoms with E-state index in [0.717, 1.165) is 12.1 Å². The lowest BCUT2D eigenvalue weighted by atomic mass is 10.3. The average Bonchev–Trinajstić information content (AvgIpc) is 2.31. The van der Waals surface area contributed by atoms with Crippen molar-refractivity contribution >= 4 is 17.5 Å². The number of para-hydroxylation sites is 1. The number of halogens is 2. The summed E-state index contributed by atoms with van der Waals surface area (Å²) in [6.45, 7) is -0.662. The molecule has 0 aliphatic rings. The lowest BCUT2D eigenvalue weighted by molar-refractivity contribution is -0.123. The second-order valence-electron chi connectivity index (χ2n) is 3.13. The van der Waals surface area contributed by atoms with Gasteiger partial charge in [-0.15, -0.1) is 0 Å². The fourth-order valence-electron chi connectivity index (χ4n) is 1.05. The van der Waals surface area contributed by atoms with Crippen LogP contribution < -0.4 is 16.4 Å². The van der Waals surface area contributed by atoms with Crippen LogP contribution in [0.2, 0.25) is 0 Å². The van der Waals surface area contributed by atoms with Crippen molar-refractivity contribution in [1.29, 1.82) is 0 Å². The molecule has 0 aliphatic heterocycles. The van der Waals surface area contributed by atoms with Crippen LogP contribution in [0, 0.1) is 11.6 Å². The molecule has 2 amide bonds. The van der Waals surface area contributed by atoms with Gasteiger partial charge < -0.3 is 16.4 Å². The summed E-state index contributed by atoms with van der Waals surface area (Å²) in [4.78, 5) is 22.0. The van der Waals surface area contributed by atoms with Gasteiger partial charge in [0.25, 0.3) is 0 Å². The van der Waals surface area contributed by atoms with Crippen LogP contribution in [-0.2, 0) is 9.59 Å². The van der Waals surface area contributed by atoms with Gasteiger partial charge in [-0.05, 0) is 12.1 Å². The number of amides is 2. The van der Waals surface area contributed by atoms with Crippen molar-refractivity contribution < 1.29 is 18.4 Å². The first-order valence-electron chi connectivity index (χ1n) is 4.75. The van der Waals surface area contributed by atoms with Crippen LogP contribution in [0.3, 0.4) is 0 Å². The van der Waals surface area contributed by atoms with E-state index < -0.39 is 35.7 Å². The summed E-state index contributed by atoms with van der Waals surface area (Å²) < 4.78 is 26.2. The maximum absolute atomic E-state index is 13.1. The molecule has 92 valence electrons. The van der Waals surface area contributed by atoms with Gasteiger partial charge in [0.1, 0.15) is 17.3 Å². The number of nitrogens with two attached hydrogens (primary N) is 1. The van der Waals surface area contributed by atoms with E-state index in [0.29, 0.717) is 0 Å². The normalized spacial score (nSPS) is 9.82. The van der Waals surface area contributed by atoms with Gasteiger partial charge in [-0.25, -0.2) is 8.78 Å². The smallest absolute Gasteiger partial charge is 0.243 e. The number of carbonyl (C=O) groups is 2. The highest BCUT2D eigenvalue weighted by atomic mass is 19.1. The highest BCUT2D eigenvalue weighted by molar-refractivity contribution is 5.94. The van der Waals surface area contributed by atoms with Gasteiger partial charge in [0.05, 0.1) is 13.1 Å². The van der Waals surface area contributed by atoms with Gasteiger partial charge in [0.15, 0.2) is 0 Å². The van der Waals surface area contributed by atoms with Crippen molar-refractivity contribution in [1.82, 2.24) is 5.32 Å². The molecule has 4 N–H and O–H groups in total. The van der Waals surface area contributed by atoms with E-state index in [1.54, 1.807) is 0 Å². The predicted octanol–water partition coefficient (Wildman–Crippen LogP) is -0.0218. The third kappa shape index (κ3) is 3.80. The van der Waals surface area contributed by atoms with Crippen molar-refractivity contribution in [3.63, 3.8) is 0 Å². The molecule has 0 saturated heterocycles. The molecule has 5 nitrogen and oxygen atoms in total. The standard InChI is InChI=1S/C10H11F2N3O2/c11-6-2-1-3-7(12)10(6)15-9(17)5-14-8(16)4-13/h1-3H,4-5,13H2,(H,14,16)(H,15,17). The average molecular weight is 243 g/mol.